The molecule has 0 fully saturated rings. The fourth-order valence-corrected chi connectivity index (χ4v) is 4.98. The predicted molar refractivity (Wildman–Crippen MR) is 72.1 cm³/mol. The van der Waals surface area contributed by atoms with Crippen LogP contribution in [0.1, 0.15) is 27.7 Å². The van der Waals surface area contributed by atoms with Gasteiger partial charge in [0.05, 0.1) is 5.75 Å². The summed E-state index contributed by atoms with van der Waals surface area (Å²) in [6, 6.07) is 6.39. The van der Waals surface area contributed by atoms with Crippen LogP contribution in [0.3, 0.4) is 0 Å². The Bertz CT molecular complexity index is 311. The normalized spacial score (nSPS) is 11.0. The Morgan fingerprint density at radius 2 is 1.47 bits per heavy atom. The van der Waals surface area contributed by atoms with Crippen LogP contribution in [0.2, 0.25) is 10.6 Å². The first-order valence-corrected chi connectivity index (χ1v) is 8.50. The minimum absolute atomic E-state index is 0.205. The monoisotopic (exact) mass is 252 g/mol. The van der Waals surface area contributed by atoms with Crippen molar-refractivity contribution < 1.29 is 8.18 Å². The minimum Gasteiger partial charge on any atom is -0.643 e. The van der Waals surface area contributed by atoms with Crippen molar-refractivity contribution in [3.05, 3.63) is 30.1 Å². The van der Waals surface area contributed by atoms with E-state index in [0.717, 1.165) is 5.75 Å². The topological polar surface area (TPSA) is 9.23 Å². The summed E-state index contributed by atoms with van der Waals surface area (Å²) in [6.45, 7) is 8.92. The lowest BCUT2D eigenvalue weighted by Crippen LogP contribution is -2.25. The van der Waals surface area contributed by atoms with Crippen LogP contribution in [0.4, 0.5) is 4.39 Å². The van der Waals surface area contributed by atoms with E-state index >= 15 is 0 Å². The highest BCUT2D eigenvalue weighted by Crippen LogP contribution is 2.19. The maximum absolute atomic E-state index is 12.8. The highest BCUT2D eigenvalue weighted by Gasteiger charge is 2.25. The second-order valence-corrected chi connectivity index (χ2v) is 7.88. The van der Waals surface area contributed by atoms with Crippen LogP contribution in [0, 0.1) is 17.7 Å². The molecule has 1 nitrogen and oxygen atoms in total. The van der Waals surface area contributed by atoms with Crippen LogP contribution in [0.15, 0.2) is 24.3 Å². The molecule has 0 saturated carbocycles. The van der Waals surface area contributed by atoms with Crippen molar-refractivity contribution in [1.29, 1.82) is 0 Å². The van der Waals surface area contributed by atoms with Gasteiger partial charge in [-0.1, -0.05) is 50.1 Å². The summed E-state index contributed by atoms with van der Waals surface area (Å²) in [7, 11) is 0. The van der Waals surface area contributed by atoms with Crippen LogP contribution >= 0.6 is 0 Å². The van der Waals surface area contributed by atoms with E-state index in [1.807, 2.05) is 0 Å². The summed E-state index contributed by atoms with van der Waals surface area (Å²) in [5.74, 6) is 1.96. The smallest absolute Gasteiger partial charge is 0.547 e. The standard InChI is InChI=1S/C6H5FO.2C4H9.Al/c7-5-1-3-6(8)4-2-5;2*1-4(2)3;/h1-4,8H;2*4H,1H2,2-3H3;/q;;;+1/p-1. The molecule has 0 atom stereocenters. The number of rotatable bonds is 6. The zero-order valence-electron chi connectivity index (χ0n) is 11.2. The van der Waals surface area contributed by atoms with E-state index in [-0.39, 0.29) is 5.82 Å². The molecule has 1 rings (SSSR count). The molecule has 94 valence electrons. The zero-order valence-corrected chi connectivity index (χ0v) is 12.4. The van der Waals surface area contributed by atoms with Crippen LogP contribution in [0.25, 0.3) is 0 Å². The Morgan fingerprint density at radius 3 is 1.88 bits per heavy atom. The second kappa shape index (κ2) is 7.04. The largest absolute Gasteiger partial charge is 0.643 e. The fraction of sp³-hybridized carbons (Fsp3) is 0.571. The number of benzene rings is 1. The molecule has 0 spiro atoms. The molecule has 1 aromatic rings. The Morgan fingerprint density at radius 1 is 1.00 bits per heavy atom. The summed E-state index contributed by atoms with van der Waals surface area (Å²) in [6.07, 6.45) is 0. The number of hydrogen-bond donors (Lipinski definition) is 0. The molecule has 0 heterocycles. The molecule has 0 radical (unpaired) electrons. The summed E-state index contributed by atoms with van der Waals surface area (Å²) >= 11 is -1.21. The lowest BCUT2D eigenvalue weighted by atomic mass is 10.3. The van der Waals surface area contributed by atoms with Crippen LogP contribution in [-0.2, 0) is 0 Å². The quantitative estimate of drug-likeness (QED) is 0.677. The van der Waals surface area contributed by atoms with Crippen molar-refractivity contribution in [2.24, 2.45) is 11.8 Å². The van der Waals surface area contributed by atoms with Gasteiger partial charge in [0.1, 0.15) is 5.82 Å². The first-order chi connectivity index (χ1) is 7.97. The lowest BCUT2D eigenvalue weighted by Gasteiger charge is -2.18. The Kier molecular flexibility index (Phi) is 6.02. The van der Waals surface area contributed by atoms with Crippen LogP contribution < -0.4 is 3.79 Å². The van der Waals surface area contributed by atoms with Crippen molar-refractivity contribution in [3.8, 4) is 5.75 Å². The Balaban J connectivity index is 2.61. The van der Waals surface area contributed by atoms with Crippen LogP contribution in [-0.4, -0.2) is 14.5 Å². The molecule has 0 aliphatic rings. The highest BCUT2D eigenvalue weighted by molar-refractivity contribution is 6.52. The van der Waals surface area contributed by atoms with Gasteiger partial charge in [-0.25, -0.2) is 4.39 Å². The molecule has 17 heavy (non-hydrogen) atoms. The molecule has 0 aromatic heterocycles. The van der Waals surface area contributed by atoms with Gasteiger partial charge in [-0.2, -0.15) is 0 Å². The van der Waals surface area contributed by atoms with Crippen LogP contribution in [0.5, 0.6) is 5.75 Å². The van der Waals surface area contributed by atoms with Crippen molar-refractivity contribution in [2.75, 3.05) is 0 Å². The second-order valence-electron chi connectivity index (χ2n) is 5.45. The lowest BCUT2D eigenvalue weighted by molar-refractivity contribution is 0.523. The molecule has 0 N–H and O–H groups in total. The highest BCUT2D eigenvalue weighted by atomic mass is 27.2. The predicted octanol–water partition coefficient (Wildman–Crippen LogP) is 4.51. The van der Waals surface area contributed by atoms with E-state index in [1.165, 1.54) is 22.7 Å². The minimum atomic E-state index is -1.21. The van der Waals surface area contributed by atoms with Gasteiger partial charge in [-0.3, -0.25) is 0 Å². The third-order valence-electron chi connectivity index (χ3n) is 2.58. The molecule has 0 saturated heterocycles. The van der Waals surface area contributed by atoms with Gasteiger partial charge < -0.3 is 3.79 Å². The van der Waals surface area contributed by atoms with Gasteiger partial charge in [0.25, 0.3) is 0 Å². The summed E-state index contributed by atoms with van der Waals surface area (Å²) in [5.41, 5.74) is 0. The van der Waals surface area contributed by atoms with E-state index in [9.17, 15) is 4.39 Å². The maximum Gasteiger partial charge on any atom is 0.547 e. The van der Waals surface area contributed by atoms with E-state index in [0.29, 0.717) is 11.8 Å². The molecule has 3 heteroatoms. The van der Waals surface area contributed by atoms with Gasteiger partial charge in [-0.05, 0) is 24.3 Å². The number of hydrogen-bond acceptors (Lipinski definition) is 1. The summed E-state index contributed by atoms with van der Waals surface area (Å²) in [4.78, 5) is 0. The fourth-order valence-electron chi connectivity index (χ4n) is 1.95. The molecule has 0 aliphatic heterocycles. The maximum atomic E-state index is 12.8. The van der Waals surface area contributed by atoms with Gasteiger partial charge in [0.2, 0.25) is 0 Å². The molecule has 1 aromatic carbocycles. The average Bonchev–Trinajstić information content (AvgIpc) is 2.19. The van der Waals surface area contributed by atoms with Crippen molar-refractivity contribution in [1.82, 2.24) is 0 Å². The van der Waals surface area contributed by atoms with E-state index in [1.54, 1.807) is 12.1 Å². The summed E-state index contributed by atoms with van der Waals surface area (Å²) in [5, 5.41) is 2.35. The first kappa shape index (κ1) is 14.5. The van der Waals surface area contributed by atoms with Crippen molar-refractivity contribution in [3.63, 3.8) is 0 Å². The first-order valence-electron chi connectivity index (χ1n) is 6.39. The van der Waals surface area contributed by atoms with Gasteiger partial charge in [0.15, 0.2) is 0 Å². The van der Waals surface area contributed by atoms with Crippen molar-refractivity contribution in [2.45, 2.75) is 38.3 Å². The average molecular weight is 252 g/mol. The van der Waals surface area contributed by atoms with E-state index in [2.05, 4.69) is 27.7 Å². The van der Waals surface area contributed by atoms with Crippen molar-refractivity contribution >= 4 is 14.5 Å². The molecular weight excluding hydrogens is 230 g/mol. The molecular formula is C14H22AlFO. The zero-order chi connectivity index (χ0) is 12.8. The van der Waals surface area contributed by atoms with Gasteiger partial charge >= 0.3 is 14.5 Å². The Hall–Kier alpha value is -0.518. The molecule has 0 bridgehead atoms. The molecule has 0 unspecified atom stereocenters. The van der Waals surface area contributed by atoms with Gasteiger partial charge in [0, 0.05) is 0 Å². The van der Waals surface area contributed by atoms with E-state index < -0.39 is 14.5 Å². The molecule has 0 aliphatic carbocycles. The summed E-state index contributed by atoms with van der Waals surface area (Å²) < 4.78 is 18.9. The SMILES string of the molecule is CC(C)[CH2][Al]([CH2]C(C)C)[O]c1ccc(F)cc1. The van der Waals surface area contributed by atoms with E-state index in [4.69, 9.17) is 3.79 Å². The van der Waals surface area contributed by atoms with Gasteiger partial charge in [-0.15, -0.1) is 0 Å². The molecule has 0 amide bonds. The Labute approximate surface area is 109 Å². The third-order valence-corrected chi connectivity index (χ3v) is 6.13. The number of halogens is 1. The third kappa shape index (κ3) is 6.10.